The summed E-state index contributed by atoms with van der Waals surface area (Å²) in [5, 5.41) is 0.775. The maximum Gasteiger partial charge on any atom is 0.336 e. The van der Waals surface area contributed by atoms with Crippen molar-refractivity contribution >= 4 is 22.8 Å². The second kappa shape index (κ2) is 8.03. The smallest absolute Gasteiger partial charge is 0.336 e. The summed E-state index contributed by atoms with van der Waals surface area (Å²) in [6.07, 6.45) is 1.49. The molecule has 1 amide bonds. The van der Waals surface area contributed by atoms with Crippen LogP contribution in [0.15, 0.2) is 39.5 Å². The molecule has 7 nitrogen and oxygen atoms in total. The summed E-state index contributed by atoms with van der Waals surface area (Å²) in [5.41, 5.74) is -0.0353. The fraction of sp³-hybridized carbons (Fsp3) is 0.421. The van der Waals surface area contributed by atoms with E-state index in [1.807, 2.05) is 0 Å². The molecular weight excluding hydrogens is 338 g/mol. The Morgan fingerprint density at radius 2 is 2.08 bits per heavy atom. The minimum absolute atomic E-state index is 0.141. The van der Waals surface area contributed by atoms with Crippen molar-refractivity contribution in [3.05, 3.63) is 40.8 Å². The van der Waals surface area contributed by atoms with E-state index < -0.39 is 5.63 Å². The molecule has 1 atom stereocenters. The number of likely N-dealkylation sites (tertiary alicyclic amines) is 1. The van der Waals surface area contributed by atoms with Gasteiger partial charge in [-0.25, -0.2) is 4.79 Å². The van der Waals surface area contributed by atoms with Crippen LogP contribution >= 0.6 is 0 Å². The summed E-state index contributed by atoms with van der Waals surface area (Å²) in [6, 6.07) is 8.08. The molecule has 2 heterocycles. The molecule has 1 saturated heterocycles. The number of benzene rings is 1. The Hall–Kier alpha value is -2.83. The molecule has 1 aliphatic rings. The molecule has 0 saturated carbocycles. The first kappa shape index (κ1) is 18.0. The Kier molecular flexibility index (Phi) is 5.55. The Morgan fingerprint density at radius 1 is 1.27 bits per heavy atom. The molecule has 0 radical (unpaired) electrons. The molecule has 7 heteroatoms. The van der Waals surface area contributed by atoms with Crippen molar-refractivity contribution in [2.75, 3.05) is 26.3 Å². The molecule has 0 N–H and O–H groups in total. The predicted octanol–water partition coefficient (Wildman–Crippen LogP) is 1.97. The maximum absolute atomic E-state index is 12.4. The minimum atomic E-state index is -0.441. The quantitative estimate of drug-likeness (QED) is 0.599. The van der Waals surface area contributed by atoms with Crippen LogP contribution < -0.4 is 10.4 Å². The number of nitrogens with zero attached hydrogens (tertiary/aromatic N) is 1. The van der Waals surface area contributed by atoms with Crippen LogP contribution in [0, 0.1) is 5.92 Å². The first-order valence-electron chi connectivity index (χ1n) is 8.68. The Bertz CT molecular complexity index is 858. The summed E-state index contributed by atoms with van der Waals surface area (Å²) in [5.74, 6) is -0.272. The number of esters is 1. The number of ether oxygens (including phenoxy) is 2. The SMILES string of the molecule is CCOC(=O)[C@@H]1CCCN(C(=O)COc2ccc3ccc(=O)oc3c2)C1. The van der Waals surface area contributed by atoms with Gasteiger partial charge in [0.1, 0.15) is 11.3 Å². The van der Waals surface area contributed by atoms with E-state index >= 15 is 0 Å². The third-order valence-corrected chi connectivity index (χ3v) is 4.35. The van der Waals surface area contributed by atoms with Gasteiger partial charge < -0.3 is 18.8 Å². The van der Waals surface area contributed by atoms with Crippen molar-refractivity contribution in [3.63, 3.8) is 0 Å². The van der Waals surface area contributed by atoms with E-state index in [1.54, 1.807) is 36.1 Å². The molecule has 2 aromatic rings. The molecule has 1 aliphatic heterocycles. The molecule has 26 heavy (non-hydrogen) atoms. The van der Waals surface area contributed by atoms with Gasteiger partial charge in [-0.1, -0.05) is 0 Å². The van der Waals surface area contributed by atoms with Crippen LogP contribution in [-0.2, 0) is 14.3 Å². The molecule has 0 aliphatic carbocycles. The van der Waals surface area contributed by atoms with Crippen LogP contribution in [0.2, 0.25) is 0 Å². The van der Waals surface area contributed by atoms with Crippen LogP contribution in [0.5, 0.6) is 5.75 Å². The molecule has 1 aromatic heterocycles. The number of fused-ring (bicyclic) bond motifs is 1. The number of carbonyl (C=O) groups is 2. The second-order valence-corrected chi connectivity index (χ2v) is 6.17. The molecule has 1 aromatic carbocycles. The molecule has 0 unspecified atom stereocenters. The van der Waals surface area contributed by atoms with Gasteiger partial charge in [-0.15, -0.1) is 0 Å². The summed E-state index contributed by atoms with van der Waals surface area (Å²) < 4.78 is 15.7. The third kappa shape index (κ3) is 4.22. The van der Waals surface area contributed by atoms with Crippen molar-refractivity contribution in [2.45, 2.75) is 19.8 Å². The largest absolute Gasteiger partial charge is 0.484 e. The highest BCUT2D eigenvalue weighted by Gasteiger charge is 2.29. The highest BCUT2D eigenvalue weighted by Crippen LogP contribution is 2.21. The Balaban J connectivity index is 1.59. The van der Waals surface area contributed by atoms with Crippen LogP contribution in [0.4, 0.5) is 0 Å². The molecule has 1 fully saturated rings. The Morgan fingerprint density at radius 3 is 2.88 bits per heavy atom. The van der Waals surface area contributed by atoms with E-state index in [4.69, 9.17) is 13.9 Å². The minimum Gasteiger partial charge on any atom is -0.484 e. The van der Waals surface area contributed by atoms with Crippen molar-refractivity contribution in [1.29, 1.82) is 0 Å². The normalized spacial score (nSPS) is 17.1. The van der Waals surface area contributed by atoms with Gasteiger partial charge in [-0.2, -0.15) is 0 Å². The topological polar surface area (TPSA) is 86.0 Å². The number of hydrogen-bond donors (Lipinski definition) is 0. The molecule has 3 rings (SSSR count). The van der Waals surface area contributed by atoms with Crippen LogP contribution in [0.1, 0.15) is 19.8 Å². The third-order valence-electron chi connectivity index (χ3n) is 4.35. The van der Waals surface area contributed by atoms with Gasteiger partial charge in [0.05, 0.1) is 12.5 Å². The predicted molar refractivity (Wildman–Crippen MR) is 93.9 cm³/mol. The van der Waals surface area contributed by atoms with Crippen molar-refractivity contribution in [3.8, 4) is 5.75 Å². The van der Waals surface area contributed by atoms with Gasteiger partial charge in [0.2, 0.25) is 0 Å². The van der Waals surface area contributed by atoms with Crippen LogP contribution in [0.3, 0.4) is 0 Å². The van der Waals surface area contributed by atoms with Gasteiger partial charge in [-0.3, -0.25) is 9.59 Å². The van der Waals surface area contributed by atoms with Crippen LogP contribution in [0.25, 0.3) is 11.0 Å². The zero-order chi connectivity index (χ0) is 18.5. The number of hydrogen-bond acceptors (Lipinski definition) is 6. The van der Waals surface area contributed by atoms with E-state index in [0.29, 0.717) is 31.0 Å². The summed E-state index contributed by atoms with van der Waals surface area (Å²) in [7, 11) is 0. The van der Waals surface area contributed by atoms with Gasteiger partial charge in [0.25, 0.3) is 5.91 Å². The average Bonchev–Trinajstić information content (AvgIpc) is 2.66. The van der Waals surface area contributed by atoms with Crippen molar-refractivity contribution < 1.29 is 23.5 Å². The lowest BCUT2D eigenvalue weighted by Gasteiger charge is -2.31. The maximum atomic E-state index is 12.4. The van der Waals surface area contributed by atoms with Crippen molar-refractivity contribution in [1.82, 2.24) is 4.90 Å². The number of piperidine rings is 1. The highest BCUT2D eigenvalue weighted by atomic mass is 16.5. The average molecular weight is 359 g/mol. The molecule has 0 spiro atoms. The molecular formula is C19H21NO6. The Labute approximate surface area is 150 Å². The number of carbonyl (C=O) groups excluding carboxylic acids is 2. The second-order valence-electron chi connectivity index (χ2n) is 6.17. The van der Waals surface area contributed by atoms with E-state index in [1.165, 1.54) is 6.07 Å². The first-order valence-corrected chi connectivity index (χ1v) is 8.68. The summed E-state index contributed by atoms with van der Waals surface area (Å²) >= 11 is 0. The van der Waals surface area contributed by atoms with E-state index in [0.717, 1.165) is 18.2 Å². The number of rotatable bonds is 5. The van der Waals surface area contributed by atoms with Gasteiger partial charge in [0.15, 0.2) is 6.61 Å². The van der Waals surface area contributed by atoms with Crippen LogP contribution in [-0.4, -0.2) is 43.1 Å². The monoisotopic (exact) mass is 359 g/mol. The molecule has 0 bridgehead atoms. The fourth-order valence-corrected chi connectivity index (χ4v) is 3.02. The highest BCUT2D eigenvalue weighted by molar-refractivity contribution is 5.80. The van der Waals surface area contributed by atoms with E-state index in [2.05, 4.69) is 0 Å². The molecule has 138 valence electrons. The number of amides is 1. The summed E-state index contributed by atoms with van der Waals surface area (Å²) in [4.78, 5) is 37.2. The van der Waals surface area contributed by atoms with Gasteiger partial charge in [0, 0.05) is 30.6 Å². The van der Waals surface area contributed by atoms with E-state index in [9.17, 15) is 14.4 Å². The first-order chi connectivity index (χ1) is 12.6. The fourth-order valence-electron chi connectivity index (χ4n) is 3.02. The van der Waals surface area contributed by atoms with Gasteiger partial charge >= 0.3 is 11.6 Å². The van der Waals surface area contributed by atoms with Gasteiger partial charge in [-0.05, 0) is 38.0 Å². The van der Waals surface area contributed by atoms with E-state index in [-0.39, 0.29) is 24.4 Å². The lowest BCUT2D eigenvalue weighted by atomic mass is 9.98. The zero-order valence-corrected chi connectivity index (χ0v) is 14.6. The standard InChI is InChI=1S/C19H21NO6/c1-2-24-19(23)14-4-3-9-20(11-14)17(21)12-25-15-7-5-13-6-8-18(22)26-16(13)10-15/h5-8,10,14H,2-4,9,11-12H2,1H3/t14-/m1/s1. The lowest BCUT2D eigenvalue weighted by Crippen LogP contribution is -2.44. The van der Waals surface area contributed by atoms with Crippen molar-refractivity contribution in [2.24, 2.45) is 5.92 Å². The lowest BCUT2D eigenvalue weighted by molar-refractivity contribution is -0.151. The zero-order valence-electron chi connectivity index (χ0n) is 14.6. The summed E-state index contributed by atoms with van der Waals surface area (Å²) in [6.45, 7) is 2.92.